The van der Waals surface area contributed by atoms with Crippen LogP contribution in [0.15, 0.2) is 24.5 Å². The first-order chi connectivity index (χ1) is 7.27. The third-order valence-corrected chi connectivity index (χ3v) is 2.43. The molecule has 0 fully saturated rings. The van der Waals surface area contributed by atoms with Crippen molar-refractivity contribution in [2.24, 2.45) is 0 Å². The van der Waals surface area contributed by atoms with Crippen LogP contribution in [-0.2, 0) is 0 Å². The zero-order chi connectivity index (χ0) is 10.8. The first-order valence-electron chi connectivity index (χ1n) is 4.59. The Morgan fingerprint density at radius 2 is 2.13 bits per heavy atom. The molecular formula is C12H10N2O. The highest BCUT2D eigenvalue weighted by atomic mass is 16.5. The number of ether oxygens (including phenoxy) is 1. The lowest BCUT2D eigenvalue weighted by molar-refractivity contribution is 0.419. The van der Waals surface area contributed by atoms with Crippen molar-refractivity contribution < 1.29 is 4.74 Å². The van der Waals surface area contributed by atoms with Gasteiger partial charge in [-0.25, -0.2) is 0 Å². The summed E-state index contributed by atoms with van der Waals surface area (Å²) in [6.07, 6.45) is 3.30. The number of benzene rings is 1. The number of fused-ring (bicyclic) bond motifs is 1. The fourth-order valence-corrected chi connectivity index (χ4v) is 1.71. The minimum absolute atomic E-state index is 0.587. The summed E-state index contributed by atoms with van der Waals surface area (Å²) in [6, 6.07) is 5.98. The van der Waals surface area contributed by atoms with Gasteiger partial charge in [-0.1, -0.05) is 6.07 Å². The van der Waals surface area contributed by atoms with Gasteiger partial charge in [0.05, 0.1) is 12.7 Å². The Balaban J connectivity index is 2.94. The number of aryl methyl sites for hydroxylation is 1. The highest BCUT2D eigenvalue weighted by Crippen LogP contribution is 2.29. The fourth-order valence-electron chi connectivity index (χ4n) is 1.71. The molecule has 0 spiro atoms. The van der Waals surface area contributed by atoms with Crippen LogP contribution in [0.1, 0.15) is 11.1 Å². The summed E-state index contributed by atoms with van der Waals surface area (Å²) in [5.74, 6) is 0.750. The Bertz CT molecular complexity index is 555. The quantitative estimate of drug-likeness (QED) is 0.706. The molecule has 0 aliphatic heterocycles. The van der Waals surface area contributed by atoms with Crippen LogP contribution in [0.2, 0.25) is 0 Å². The molecule has 15 heavy (non-hydrogen) atoms. The van der Waals surface area contributed by atoms with E-state index in [1.54, 1.807) is 19.5 Å². The maximum atomic E-state index is 8.99. The second-order valence-corrected chi connectivity index (χ2v) is 3.31. The molecular weight excluding hydrogens is 188 g/mol. The Kier molecular flexibility index (Phi) is 2.26. The van der Waals surface area contributed by atoms with E-state index in [2.05, 4.69) is 11.1 Å². The molecule has 0 unspecified atom stereocenters. The fraction of sp³-hybridized carbons (Fsp3) is 0.167. The summed E-state index contributed by atoms with van der Waals surface area (Å²) in [7, 11) is 1.61. The highest BCUT2D eigenvalue weighted by Gasteiger charge is 2.08. The smallest absolute Gasteiger partial charge is 0.128 e. The molecule has 3 heteroatoms. The summed E-state index contributed by atoms with van der Waals surface area (Å²) >= 11 is 0. The Morgan fingerprint density at radius 1 is 1.33 bits per heavy atom. The number of nitrogens with zero attached hydrogens (tertiary/aromatic N) is 2. The molecule has 0 radical (unpaired) electrons. The molecule has 74 valence electrons. The predicted molar refractivity (Wildman–Crippen MR) is 57.7 cm³/mol. The van der Waals surface area contributed by atoms with Crippen molar-refractivity contribution in [3.63, 3.8) is 0 Å². The highest BCUT2D eigenvalue weighted by molar-refractivity contribution is 5.94. The average molecular weight is 198 g/mol. The van der Waals surface area contributed by atoms with Crippen molar-refractivity contribution >= 4 is 10.8 Å². The lowest BCUT2D eigenvalue weighted by Crippen LogP contribution is -1.90. The largest absolute Gasteiger partial charge is 0.496 e. The molecule has 0 saturated carbocycles. The van der Waals surface area contributed by atoms with Gasteiger partial charge >= 0.3 is 0 Å². The van der Waals surface area contributed by atoms with Crippen LogP contribution in [-0.4, -0.2) is 12.1 Å². The van der Waals surface area contributed by atoms with Gasteiger partial charge in [0, 0.05) is 23.2 Å². The number of nitriles is 1. The zero-order valence-corrected chi connectivity index (χ0v) is 8.61. The monoisotopic (exact) mass is 198 g/mol. The molecule has 0 saturated heterocycles. The second-order valence-electron chi connectivity index (χ2n) is 3.31. The molecule has 0 atom stereocenters. The van der Waals surface area contributed by atoms with E-state index in [9.17, 15) is 0 Å². The minimum Gasteiger partial charge on any atom is -0.496 e. The Morgan fingerprint density at radius 3 is 2.80 bits per heavy atom. The molecule has 2 rings (SSSR count). The Labute approximate surface area is 87.9 Å². The number of pyridine rings is 1. The van der Waals surface area contributed by atoms with Crippen molar-refractivity contribution in [2.75, 3.05) is 7.11 Å². The maximum Gasteiger partial charge on any atom is 0.128 e. The lowest BCUT2D eigenvalue weighted by Gasteiger charge is -2.08. The SMILES string of the molecule is COc1ccc(C)c2c(C#N)cncc12. The van der Waals surface area contributed by atoms with Gasteiger partial charge < -0.3 is 4.74 Å². The van der Waals surface area contributed by atoms with Crippen molar-refractivity contribution in [3.8, 4) is 11.8 Å². The number of hydrogen-bond donors (Lipinski definition) is 0. The molecule has 0 aliphatic rings. The lowest BCUT2D eigenvalue weighted by atomic mass is 10.0. The first-order valence-corrected chi connectivity index (χ1v) is 4.59. The van der Waals surface area contributed by atoms with Crippen LogP contribution in [0.4, 0.5) is 0 Å². The van der Waals surface area contributed by atoms with Crippen molar-refractivity contribution in [1.29, 1.82) is 5.26 Å². The number of hydrogen-bond acceptors (Lipinski definition) is 3. The molecule has 1 aromatic heterocycles. The standard InChI is InChI=1S/C12H10N2O/c1-8-3-4-11(15-2)10-7-14-6-9(5-13)12(8)10/h3-4,6-7H,1-2H3. The zero-order valence-electron chi connectivity index (χ0n) is 8.61. The third-order valence-electron chi connectivity index (χ3n) is 2.43. The van der Waals surface area contributed by atoms with Gasteiger partial charge in [0.25, 0.3) is 0 Å². The van der Waals surface area contributed by atoms with Crippen LogP contribution in [0, 0.1) is 18.3 Å². The van der Waals surface area contributed by atoms with Crippen LogP contribution in [0.3, 0.4) is 0 Å². The molecule has 3 nitrogen and oxygen atoms in total. The summed E-state index contributed by atoms with van der Waals surface area (Å²) in [4.78, 5) is 4.03. The summed E-state index contributed by atoms with van der Waals surface area (Å²) in [6.45, 7) is 1.97. The van der Waals surface area contributed by atoms with Gasteiger partial charge in [-0.05, 0) is 18.6 Å². The summed E-state index contributed by atoms with van der Waals surface area (Å²) in [5.41, 5.74) is 1.65. The van der Waals surface area contributed by atoms with E-state index in [0.717, 1.165) is 22.1 Å². The summed E-state index contributed by atoms with van der Waals surface area (Å²) < 4.78 is 5.23. The molecule has 1 aromatic carbocycles. The van der Waals surface area contributed by atoms with Gasteiger partial charge in [0.15, 0.2) is 0 Å². The van der Waals surface area contributed by atoms with Gasteiger partial charge in [-0.15, -0.1) is 0 Å². The van der Waals surface area contributed by atoms with Gasteiger partial charge in [0.2, 0.25) is 0 Å². The third kappa shape index (κ3) is 1.40. The van der Waals surface area contributed by atoms with Crippen molar-refractivity contribution in [1.82, 2.24) is 4.98 Å². The van der Waals surface area contributed by atoms with E-state index in [1.165, 1.54) is 0 Å². The molecule has 0 amide bonds. The van der Waals surface area contributed by atoms with Crippen LogP contribution in [0.25, 0.3) is 10.8 Å². The van der Waals surface area contributed by atoms with Gasteiger partial charge in [-0.2, -0.15) is 5.26 Å². The summed E-state index contributed by atoms with van der Waals surface area (Å²) in [5, 5.41) is 10.8. The number of rotatable bonds is 1. The molecule has 2 aromatic rings. The van der Waals surface area contributed by atoms with E-state index in [0.29, 0.717) is 5.56 Å². The van der Waals surface area contributed by atoms with Crippen molar-refractivity contribution in [3.05, 3.63) is 35.7 Å². The molecule has 0 aliphatic carbocycles. The topological polar surface area (TPSA) is 45.9 Å². The molecule has 0 N–H and O–H groups in total. The van der Waals surface area contributed by atoms with Crippen LogP contribution in [0.5, 0.6) is 5.75 Å². The Hall–Kier alpha value is -2.08. The number of aromatic nitrogens is 1. The van der Waals surface area contributed by atoms with Crippen molar-refractivity contribution in [2.45, 2.75) is 6.92 Å². The van der Waals surface area contributed by atoms with E-state index in [1.807, 2.05) is 19.1 Å². The van der Waals surface area contributed by atoms with Crippen LogP contribution < -0.4 is 4.74 Å². The van der Waals surface area contributed by atoms with Gasteiger partial charge in [-0.3, -0.25) is 4.98 Å². The van der Waals surface area contributed by atoms with E-state index >= 15 is 0 Å². The molecule has 0 bridgehead atoms. The van der Waals surface area contributed by atoms with Gasteiger partial charge in [0.1, 0.15) is 11.8 Å². The minimum atomic E-state index is 0.587. The maximum absolute atomic E-state index is 8.99. The van der Waals surface area contributed by atoms with E-state index in [-0.39, 0.29) is 0 Å². The predicted octanol–water partition coefficient (Wildman–Crippen LogP) is 2.42. The normalized spacial score (nSPS) is 9.93. The van der Waals surface area contributed by atoms with Crippen LogP contribution >= 0.6 is 0 Å². The number of methoxy groups -OCH3 is 1. The first kappa shape index (κ1) is 9.47. The molecule has 1 heterocycles. The van der Waals surface area contributed by atoms with E-state index < -0.39 is 0 Å². The average Bonchev–Trinajstić information content (AvgIpc) is 2.29. The second kappa shape index (κ2) is 3.58. The van der Waals surface area contributed by atoms with E-state index in [4.69, 9.17) is 10.00 Å².